The summed E-state index contributed by atoms with van der Waals surface area (Å²) in [6.07, 6.45) is 9.66. The zero-order chi connectivity index (χ0) is 19.3. The van der Waals surface area contributed by atoms with Gasteiger partial charge in [0.2, 0.25) is 5.91 Å². The van der Waals surface area contributed by atoms with E-state index < -0.39 is 0 Å². The second kappa shape index (κ2) is 8.52. The van der Waals surface area contributed by atoms with Gasteiger partial charge in [0.25, 0.3) is 5.91 Å². The number of fused-ring (bicyclic) bond motifs is 1. The molecule has 8 nitrogen and oxygen atoms in total. The Balaban J connectivity index is 1.35. The molecule has 8 heteroatoms. The fourth-order valence-electron chi connectivity index (χ4n) is 4.16. The zero-order valence-electron chi connectivity index (χ0n) is 15.7. The number of rotatable bonds is 5. The summed E-state index contributed by atoms with van der Waals surface area (Å²) in [7, 11) is 0. The molecule has 28 heavy (non-hydrogen) atoms. The van der Waals surface area contributed by atoms with E-state index in [1.807, 2.05) is 17.0 Å². The first-order valence-electron chi connectivity index (χ1n) is 9.80. The smallest absolute Gasteiger partial charge is 0.257 e. The van der Waals surface area contributed by atoms with Gasteiger partial charge >= 0.3 is 0 Å². The van der Waals surface area contributed by atoms with Crippen LogP contribution in [0.4, 0.5) is 0 Å². The Morgan fingerprint density at radius 2 is 2.14 bits per heavy atom. The minimum atomic E-state index is -0.0972. The first-order valence-corrected chi connectivity index (χ1v) is 9.80. The number of carbonyl (C=O) groups is 2. The maximum absolute atomic E-state index is 12.8. The van der Waals surface area contributed by atoms with Crippen molar-refractivity contribution in [1.82, 2.24) is 25.4 Å². The van der Waals surface area contributed by atoms with E-state index in [1.165, 1.54) is 0 Å². The van der Waals surface area contributed by atoms with Gasteiger partial charge in [-0.25, -0.2) is 0 Å². The zero-order valence-corrected chi connectivity index (χ0v) is 15.7. The van der Waals surface area contributed by atoms with Gasteiger partial charge in [0.1, 0.15) is 0 Å². The Morgan fingerprint density at radius 1 is 1.29 bits per heavy atom. The summed E-state index contributed by atoms with van der Waals surface area (Å²) in [4.78, 5) is 31.4. The van der Waals surface area contributed by atoms with Gasteiger partial charge in [0.15, 0.2) is 0 Å². The van der Waals surface area contributed by atoms with Crippen molar-refractivity contribution in [2.24, 2.45) is 5.92 Å². The summed E-state index contributed by atoms with van der Waals surface area (Å²) in [5.41, 5.74) is 1.70. The van der Waals surface area contributed by atoms with Crippen LogP contribution in [0.15, 0.2) is 36.9 Å². The number of aromatic nitrogens is 3. The van der Waals surface area contributed by atoms with Crippen LogP contribution >= 0.6 is 0 Å². The van der Waals surface area contributed by atoms with Gasteiger partial charge < -0.3 is 15.0 Å². The molecule has 1 saturated carbocycles. The van der Waals surface area contributed by atoms with Crippen molar-refractivity contribution in [3.05, 3.63) is 48.0 Å². The molecular formula is C20H25N5O3. The van der Waals surface area contributed by atoms with E-state index in [2.05, 4.69) is 20.5 Å². The topological polar surface area (TPSA) is 100 Å². The number of pyridine rings is 1. The Hall–Kier alpha value is -2.74. The second-order valence-electron chi connectivity index (χ2n) is 7.37. The Bertz CT molecular complexity index is 795. The molecule has 2 fully saturated rings. The molecule has 3 atom stereocenters. The molecule has 0 bridgehead atoms. The van der Waals surface area contributed by atoms with Crippen LogP contribution < -0.4 is 5.32 Å². The van der Waals surface area contributed by atoms with Crippen LogP contribution in [-0.4, -0.2) is 63.7 Å². The van der Waals surface area contributed by atoms with Gasteiger partial charge in [-0.2, -0.15) is 5.10 Å². The van der Waals surface area contributed by atoms with E-state index in [4.69, 9.17) is 4.74 Å². The van der Waals surface area contributed by atoms with Crippen LogP contribution in [-0.2, 0) is 16.0 Å². The summed E-state index contributed by atoms with van der Waals surface area (Å²) in [6, 6.07) is 3.84. The van der Waals surface area contributed by atoms with Crippen molar-refractivity contribution < 1.29 is 14.3 Å². The van der Waals surface area contributed by atoms with E-state index in [1.54, 1.807) is 24.8 Å². The number of amides is 2. The van der Waals surface area contributed by atoms with Crippen LogP contribution in [0.2, 0.25) is 0 Å². The summed E-state index contributed by atoms with van der Waals surface area (Å²) in [5.74, 6) is -0.0837. The average molecular weight is 383 g/mol. The lowest BCUT2D eigenvalue weighted by Gasteiger charge is -2.45. The third kappa shape index (κ3) is 4.06. The van der Waals surface area contributed by atoms with Crippen molar-refractivity contribution in [3.63, 3.8) is 0 Å². The van der Waals surface area contributed by atoms with E-state index in [0.29, 0.717) is 31.7 Å². The minimum absolute atomic E-state index is 0.00506. The Labute approximate surface area is 163 Å². The molecule has 2 N–H and O–H groups in total. The van der Waals surface area contributed by atoms with Crippen LogP contribution in [0.3, 0.4) is 0 Å². The highest BCUT2D eigenvalue weighted by atomic mass is 16.5. The SMILES string of the molecule is O=C(NCCc1ccncc1)[C@H]1CC[C@H]2OCCN(C(=O)c3cn[nH]c3)[C@@H]2C1. The number of ether oxygens (including phenoxy) is 1. The molecule has 0 unspecified atom stereocenters. The molecule has 148 valence electrons. The molecule has 0 aromatic carbocycles. The lowest BCUT2D eigenvalue weighted by molar-refractivity contribution is -0.131. The first kappa shape index (κ1) is 18.6. The van der Waals surface area contributed by atoms with Gasteiger partial charge in [-0.05, 0) is 43.4 Å². The fraction of sp³-hybridized carbons (Fsp3) is 0.500. The maximum atomic E-state index is 12.8. The maximum Gasteiger partial charge on any atom is 0.257 e. The van der Waals surface area contributed by atoms with Crippen LogP contribution in [0.5, 0.6) is 0 Å². The van der Waals surface area contributed by atoms with Crippen LogP contribution in [0, 0.1) is 5.92 Å². The standard InChI is InChI=1S/C20H25N5O3/c26-19(22-8-5-14-3-6-21-7-4-14)15-1-2-18-17(11-15)25(9-10-28-18)20(27)16-12-23-24-13-16/h3-4,6-7,12-13,15,17-18H,1-2,5,8-11H2,(H,22,26)(H,23,24)/t15-,17+,18+/m0/s1. The molecule has 1 saturated heterocycles. The highest BCUT2D eigenvalue weighted by Gasteiger charge is 2.41. The number of hydrogen-bond donors (Lipinski definition) is 2. The van der Waals surface area contributed by atoms with Crippen molar-refractivity contribution in [2.45, 2.75) is 37.8 Å². The van der Waals surface area contributed by atoms with Crippen LogP contribution in [0.1, 0.15) is 35.2 Å². The number of carbonyl (C=O) groups excluding carboxylic acids is 2. The molecule has 4 rings (SSSR count). The third-order valence-electron chi connectivity index (χ3n) is 5.66. The van der Waals surface area contributed by atoms with Crippen molar-refractivity contribution in [1.29, 1.82) is 0 Å². The molecule has 0 radical (unpaired) electrons. The normalized spacial score (nSPS) is 24.4. The molecule has 0 spiro atoms. The van der Waals surface area contributed by atoms with E-state index in [9.17, 15) is 9.59 Å². The number of aromatic amines is 1. The number of nitrogens with zero attached hydrogens (tertiary/aromatic N) is 3. The lowest BCUT2D eigenvalue weighted by atomic mass is 9.81. The summed E-state index contributed by atoms with van der Waals surface area (Å²) >= 11 is 0. The fourth-order valence-corrected chi connectivity index (χ4v) is 4.16. The van der Waals surface area contributed by atoms with Gasteiger partial charge in [-0.15, -0.1) is 0 Å². The number of H-pyrrole nitrogens is 1. The predicted octanol–water partition coefficient (Wildman–Crippen LogP) is 1.17. The molecule has 2 aromatic heterocycles. The molecule has 3 heterocycles. The van der Waals surface area contributed by atoms with Gasteiger partial charge in [0.05, 0.1) is 30.5 Å². The molecule has 1 aliphatic carbocycles. The minimum Gasteiger partial charge on any atom is -0.374 e. The quantitative estimate of drug-likeness (QED) is 0.807. The monoisotopic (exact) mass is 383 g/mol. The third-order valence-corrected chi connectivity index (χ3v) is 5.66. The molecule has 2 aromatic rings. The number of hydrogen-bond acceptors (Lipinski definition) is 5. The first-order chi connectivity index (χ1) is 13.7. The van der Waals surface area contributed by atoms with Gasteiger partial charge in [-0.3, -0.25) is 19.7 Å². The average Bonchev–Trinajstić information content (AvgIpc) is 3.28. The second-order valence-corrected chi connectivity index (χ2v) is 7.37. The number of nitrogens with one attached hydrogen (secondary N) is 2. The molecule has 2 amide bonds. The highest BCUT2D eigenvalue weighted by molar-refractivity contribution is 5.94. The summed E-state index contributed by atoms with van der Waals surface area (Å²) < 4.78 is 5.89. The van der Waals surface area contributed by atoms with Crippen molar-refractivity contribution in [3.8, 4) is 0 Å². The van der Waals surface area contributed by atoms with Crippen molar-refractivity contribution >= 4 is 11.8 Å². The summed E-state index contributed by atoms with van der Waals surface area (Å²) in [6.45, 7) is 1.68. The number of morpholine rings is 1. The lowest BCUT2D eigenvalue weighted by Crippen LogP contribution is -2.57. The molecule has 2 aliphatic rings. The highest BCUT2D eigenvalue weighted by Crippen LogP contribution is 2.33. The van der Waals surface area contributed by atoms with E-state index >= 15 is 0 Å². The molecular weight excluding hydrogens is 358 g/mol. The largest absolute Gasteiger partial charge is 0.374 e. The van der Waals surface area contributed by atoms with Gasteiger partial charge in [-0.1, -0.05) is 0 Å². The molecule has 1 aliphatic heterocycles. The Kier molecular flexibility index (Phi) is 5.66. The van der Waals surface area contributed by atoms with E-state index in [0.717, 1.165) is 24.8 Å². The predicted molar refractivity (Wildman–Crippen MR) is 101 cm³/mol. The van der Waals surface area contributed by atoms with Gasteiger partial charge in [0, 0.05) is 37.6 Å². The Morgan fingerprint density at radius 3 is 2.93 bits per heavy atom. The summed E-state index contributed by atoms with van der Waals surface area (Å²) in [5, 5.41) is 9.61. The van der Waals surface area contributed by atoms with E-state index in [-0.39, 0.29) is 29.9 Å². The van der Waals surface area contributed by atoms with Crippen LogP contribution in [0.25, 0.3) is 0 Å². The van der Waals surface area contributed by atoms with Crippen molar-refractivity contribution in [2.75, 3.05) is 19.7 Å².